The van der Waals surface area contributed by atoms with Gasteiger partial charge in [-0.05, 0) is 60.7 Å². The molecule has 0 unspecified atom stereocenters. The lowest BCUT2D eigenvalue weighted by atomic mass is 10.1. The number of anilines is 2. The van der Waals surface area contributed by atoms with Crippen molar-refractivity contribution in [3.05, 3.63) is 88.4 Å². The van der Waals surface area contributed by atoms with Crippen LogP contribution in [0.25, 0.3) is 0 Å². The first-order chi connectivity index (χ1) is 15.0. The largest absolute Gasteiger partial charge is 0.483 e. The Hall–Kier alpha value is -3.65. The monoisotopic (exact) mass is 482 g/mol. The van der Waals surface area contributed by atoms with Gasteiger partial charge in [0.05, 0.1) is 18.2 Å². The molecule has 7 nitrogen and oxygen atoms in total. The average molecular weight is 483 g/mol. The summed E-state index contributed by atoms with van der Waals surface area (Å²) in [5.74, 6) is -0.944. The molecule has 0 aliphatic heterocycles. The number of benzene rings is 3. The summed E-state index contributed by atoms with van der Waals surface area (Å²) in [6.45, 7) is -0.256. The Bertz CT molecular complexity index is 1080. The van der Waals surface area contributed by atoms with Gasteiger partial charge < -0.3 is 20.1 Å². The smallest absolute Gasteiger partial charge is 0.337 e. The van der Waals surface area contributed by atoms with Crippen LogP contribution in [0.5, 0.6) is 5.75 Å². The predicted octanol–water partition coefficient (Wildman–Crippen LogP) is 4.51. The van der Waals surface area contributed by atoms with Crippen molar-refractivity contribution in [3.63, 3.8) is 0 Å². The molecule has 3 aromatic rings. The summed E-state index contributed by atoms with van der Waals surface area (Å²) in [5, 5.41) is 5.46. The molecular weight excluding hydrogens is 464 g/mol. The van der Waals surface area contributed by atoms with Crippen LogP contribution >= 0.6 is 15.9 Å². The lowest BCUT2D eigenvalue weighted by Gasteiger charge is -2.12. The second-order valence-corrected chi connectivity index (χ2v) is 7.28. The Morgan fingerprint density at radius 1 is 0.839 bits per heavy atom. The molecule has 0 saturated carbocycles. The standard InChI is InChI=1S/C23H19BrN2O5/c1-30-23(29)15-6-10-18(11-7-15)26-22(28)19-4-2-3-5-20(19)31-14-21(27)25-17-12-8-16(24)9-13-17/h2-13H,14H2,1H3,(H,25,27)(H,26,28). The zero-order valence-corrected chi connectivity index (χ0v) is 18.1. The normalized spacial score (nSPS) is 10.1. The quantitative estimate of drug-likeness (QED) is 0.483. The molecule has 3 aromatic carbocycles. The Morgan fingerprint density at radius 3 is 2.13 bits per heavy atom. The number of amides is 2. The molecule has 2 N–H and O–H groups in total. The van der Waals surface area contributed by atoms with E-state index in [9.17, 15) is 14.4 Å². The van der Waals surface area contributed by atoms with Crippen molar-refractivity contribution in [2.45, 2.75) is 0 Å². The number of ether oxygens (including phenoxy) is 2. The van der Waals surface area contributed by atoms with Gasteiger partial charge in [0.25, 0.3) is 11.8 Å². The maximum absolute atomic E-state index is 12.7. The molecule has 0 atom stereocenters. The molecule has 0 fully saturated rings. The Labute approximate surface area is 187 Å². The van der Waals surface area contributed by atoms with Crippen LogP contribution in [0, 0.1) is 0 Å². The van der Waals surface area contributed by atoms with Crippen LogP contribution in [-0.4, -0.2) is 31.5 Å². The number of hydrogen-bond donors (Lipinski definition) is 2. The first kappa shape index (κ1) is 22.0. The lowest BCUT2D eigenvalue weighted by molar-refractivity contribution is -0.118. The first-order valence-corrected chi connectivity index (χ1v) is 10.0. The summed E-state index contributed by atoms with van der Waals surface area (Å²) < 4.78 is 11.1. The van der Waals surface area contributed by atoms with Gasteiger partial charge in [0.1, 0.15) is 5.75 Å². The van der Waals surface area contributed by atoms with Crippen molar-refractivity contribution in [1.29, 1.82) is 0 Å². The molecule has 0 bridgehead atoms. The number of rotatable bonds is 7. The van der Waals surface area contributed by atoms with Crippen molar-refractivity contribution in [1.82, 2.24) is 0 Å². The molecule has 31 heavy (non-hydrogen) atoms. The van der Waals surface area contributed by atoms with E-state index in [1.807, 2.05) is 12.1 Å². The molecule has 3 rings (SSSR count). The highest BCUT2D eigenvalue weighted by Crippen LogP contribution is 2.20. The number of esters is 1. The van der Waals surface area contributed by atoms with E-state index in [0.29, 0.717) is 16.9 Å². The van der Waals surface area contributed by atoms with Gasteiger partial charge >= 0.3 is 5.97 Å². The summed E-state index contributed by atoms with van der Waals surface area (Å²) >= 11 is 3.34. The maximum Gasteiger partial charge on any atom is 0.337 e. The van der Waals surface area contributed by atoms with E-state index in [2.05, 4.69) is 31.3 Å². The average Bonchev–Trinajstić information content (AvgIpc) is 2.79. The summed E-state index contributed by atoms with van der Waals surface area (Å²) in [7, 11) is 1.30. The van der Waals surface area contributed by atoms with Crippen molar-refractivity contribution in [3.8, 4) is 5.75 Å². The van der Waals surface area contributed by atoms with Crippen molar-refractivity contribution in [2.75, 3.05) is 24.4 Å². The lowest BCUT2D eigenvalue weighted by Crippen LogP contribution is -2.21. The highest BCUT2D eigenvalue weighted by molar-refractivity contribution is 9.10. The number of hydrogen-bond acceptors (Lipinski definition) is 5. The predicted molar refractivity (Wildman–Crippen MR) is 120 cm³/mol. The molecule has 0 saturated heterocycles. The van der Waals surface area contributed by atoms with Gasteiger partial charge in [-0.1, -0.05) is 28.1 Å². The van der Waals surface area contributed by atoms with Crippen LogP contribution in [-0.2, 0) is 9.53 Å². The number of carbonyl (C=O) groups excluding carboxylic acids is 3. The van der Waals surface area contributed by atoms with E-state index >= 15 is 0 Å². The van der Waals surface area contributed by atoms with Crippen LogP contribution in [0.15, 0.2) is 77.3 Å². The van der Waals surface area contributed by atoms with Crippen LogP contribution in [0.3, 0.4) is 0 Å². The fourth-order valence-electron chi connectivity index (χ4n) is 2.66. The van der Waals surface area contributed by atoms with E-state index in [1.165, 1.54) is 7.11 Å². The van der Waals surface area contributed by atoms with E-state index < -0.39 is 11.9 Å². The highest BCUT2D eigenvalue weighted by atomic mass is 79.9. The third-order valence-corrected chi connectivity index (χ3v) is 4.71. The molecule has 2 amide bonds. The molecule has 8 heteroatoms. The third-order valence-electron chi connectivity index (χ3n) is 4.18. The topological polar surface area (TPSA) is 93.7 Å². The fraction of sp³-hybridized carbons (Fsp3) is 0.0870. The summed E-state index contributed by atoms with van der Waals surface area (Å²) in [6.07, 6.45) is 0. The summed E-state index contributed by atoms with van der Waals surface area (Å²) in [4.78, 5) is 36.4. The zero-order valence-electron chi connectivity index (χ0n) is 16.6. The van der Waals surface area contributed by atoms with Gasteiger partial charge in [-0.25, -0.2) is 4.79 Å². The van der Waals surface area contributed by atoms with Crippen LogP contribution in [0.4, 0.5) is 11.4 Å². The molecular formula is C23H19BrN2O5. The Kier molecular flexibility index (Phi) is 7.40. The van der Waals surface area contributed by atoms with E-state index in [-0.39, 0.29) is 23.8 Å². The number of halogens is 1. The van der Waals surface area contributed by atoms with Crippen molar-refractivity contribution in [2.24, 2.45) is 0 Å². The fourth-order valence-corrected chi connectivity index (χ4v) is 2.92. The summed E-state index contributed by atoms with van der Waals surface area (Å²) in [5.41, 5.74) is 1.79. The maximum atomic E-state index is 12.7. The van der Waals surface area contributed by atoms with Gasteiger partial charge in [0.2, 0.25) is 0 Å². The number of carbonyl (C=O) groups is 3. The number of para-hydroxylation sites is 1. The van der Waals surface area contributed by atoms with Gasteiger partial charge in [-0.3, -0.25) is 9.59 Å². The number of nitrogens with one attached hydrogen (secondary N) is 2. The second-order valence-electron chi connectivity index (χ2n) is 6.36. The second kappa shape index (κ2) is 10.4. The van der Waals surface area contributed by atoms with Crippen LogP contribution < -0.4 is 15.4 Å². The van der Waals surface area contributed by atoms with Gasteiger partial charge in [0.15, 0.2) is 6.61 Å². The minimum absolute atomic E-state index is 0.256. The molecule has 0 aromatic heterocycles. The number of methoxy groups -OCH3 is 1. The van der Waals surface area contributed by atoms with Gasteiger partial charge in [-0.2, -0.15) is 0 Å². The minimum Gasteiger partial charge on any atom is -0.483 e. The van der Waals surface area contributed by atoms with E-state index in [1.54, 1.807) is 60.7 Å². The molecule has 0 spiro atoms. The Morgan fingerprint density at radius 2 is 1.45 bits per heavy atom. The molecule has 0 radical (unpaired) electrons. The molecule has 0 aliphatic carbocycles. The van der Waals surface area contributed by atoms with Crippen LogP contribution in [0.1, 0.15) is 20.7 Å². The molecule has 158 valence electrons. The highest BCUT2D eigenvalue weighted by Gasteiger charge is 2.14. The SMILES string of the molecule is COC(=O)c1ccc(NC(=O)c2ccccc2OCC(=O)Nc2ccc(Br)cc2)cc1. The molecule has 0 aliphatic rings. The third kappa shape index (κ3) is 6.16. The van der Waals surface area contributed by atoms with Crippen molar-refractivity contribution >= 4 is 45.1 Å². The Balaban J connectivity index is 1.62. The summed E-state index contributed by atoms with van der Waals surface area (Å²) in [6, 6.07) is 20.1. The van der Waals surface area contributed by atoms with E-state index in [4.69, 9.17) is 4.74 Å². The van der Waals surface area contributed by atoms with Gasteiger partial charge in [-0.15, -0.1) is 0 Å². The first-order valence-electron chi connectivity index (χ1n) is 9.23. The minimum atomic E-state index is -0.460. The van der Waals surface area contributed by atoms with E-state index in [0.717, 1.165) is 4.47 Å². The van der Waals surface area contributed by atoms with Crippen LogP contribution in [0.2, 0.25) is 0 Å². The zero-order chi connectivity index (χ0) is 22.2. The van der Waals surface area contributed by atoms with Gasteiger partial charge in [0, 0.05) is 15.8 Å². The molecule has 0 heterocycles. The van der Waals surface area contributed by atoms with Crippen molar-refractivity contribution < 1.29 is 23.9 Å².